The lowest BCUT2D eigenvalue weighted by atomic mass is 9.87. The maximum absolute atomic E-state index is 12.5. The van der Waals surface area contributed by atoms with Crippen molar-refractivity contribution in [1.82, 2.24) is 10.2 Å². The van der Waals surface area contributed by atoms with E-state index in [1.807, 2.05) is 4.90 Å². The van der Waals surface area contributed by atoms with Crippen molar-refractivity contribution in [2.24, 2.45) is 17.8 Å². The van der Waals surface area contributed by atoms with Crippen molar-refractivity contribution in [1.29, 1.82) is 0 Å². The Balaban J connectivity index is 1.72. The van der Waals surface area contributed by atoms with Gasteiger partial charge in [0.2, 0.25) is 11.8 Å². The van der Waals surface area contributed by atoms with Crippen molar-refractivity contribution in [3.8, 4) is 0 Å². The quantitative estimate of drug-likeness (QED) is 0.854. The van der Waals surface area contributed by atoms with Gasteiger partial charge in [-0.3, -0.25) is 9.59 Å². The summed E-state index contributed by atoms with van der Waals surface area (Å²) < 4.78 is 0. The van der Waals surface area contributed by atoms with E-state index in [1.165, 1.54) is 25.7 Å². The van der Waals surface area contributed by atoms with Crippen LogP contribution in [-0.4, -0.2) is 35.3 Å². The molecule has 4 heteroatoms. The number of piperazine rings is 1. The molecule has 0 aromatic carbocycles. The van der Waals surface area contributed by atoms with Gasteiger partial charge in [0.25, 0.3) is 0 Å². The molecule has 2 amide bonds. The average Bonchev–Trinajstić information content (AvgIpc) is 3.02. The molecule has 1 N–H and O–H groups in total. The Bertz CT molecular complexity index is 409. The molecule has 5 atom stereocenters. The van der Waals surface area contributed by atoms with E-state index in [4.69, 9.17) is 0 Å². The zero-order chi connectivity index (χ0) is 14.3. The summed E-state index contributed by atoms with van der Waals surface area (Å²) in [6.45, 7) is 4.68. The standard InChI is InChI=1S/C16H26N2O2/c1-3-4-14-15(19)17-10(2)16(20)18(14)9-13-8-11-5-6-12(13)7-11/h10-14H,3-9H2,1-2H3,(H,17,19). The van der Waals surface area contributed by atoms with Gasteiger partial charge in [0.1, 0.15) is 12.1 Å². The molecule has 0 spiro atoms. The Labute approximate surface area is 121 Å². The van der Waals surface area contributed by atoms with Crippen LogP contribution in [0.1, 0.15) is 52.4 Å². The zero-order valence-electron chi connectivity index (χ0n) is 12.6. The lowest BCUT2D eigenvalue weighted by molar-refractivity contribution is -0.150. The van der Waals surface area contributed by atoms with Gasteiger partial charge in [-0.1, -0.05) is 19.8 Å². The second kappa shape index (κ2) is 5.38. The molecule has 2 aliphatic carbocycles. The second-order valence-electron chi connectivity index (χ2n) is 6.96. The maximum Gasteiger partial charge on any atom is 0.245 e. The van der Waals surface area contributed by atoms with Crippen LogP contribution in [0, 0.1) is 17.8 Å². The fraction of sp³-hybridized carbons (Fsp3) is 0.875. The molecule has 3 fully saturated rings. The van der Waals surface area contributed by atoms with Gasteiger partial charge < -0.3 is 10.2 Å². The smallest absolute Gasteiger partial charge is 0.245 e. The fourth-order valence-electron chi connectivity index (χ4n) is 4.55. The van der Waals surface area contributed by atoms with Gasteiger partial charge in [-0.15, -0.1) is 0 Å². The third-order valence-electron chi connectivity index (χ3n) is 5.57. The minimum Gasteiger partial charge on any atom is -0.343 e. The van der Waals surface area contributed by atoms with Crippen molar-refractivity contribution in [2.75, 3.05) is 6.54 Å². The van der Waals surface area contributed by atoms with Gasteiger partial charge in [0, 0.05) is 6.54 Å². The number of nitrogens with one attached hydrogen (secondary N) is 1. The number of fused-ring (bicyclic) bond motifs is 2. The second-order valence-corrected chi connectivity index (χ2v) is 6.96. The highest BCUT2D eigenvalue weighted by Crippen LogP contribution is 2.48. The summed E-state index contributed by atoms with van der Waals surface area (Å²) in [6, 6.07) is -0.586. The summed E-state index contributed by atoms with van der Waals surface area (Å²) in [7, 11) is 0. The first-order valence-corrected chi connectivity index (χ1v) is 8.21. The van der Waals surface area contributed by atoms with E-state index >= 15 is 0 Å². The Morgan fingerprint density at radius 3 is 2.65 bits per heavy atom. The molecule has 20 heavy (non-hydrogen) atoms. The van der Waals surface area contributed by atoms with Gasteiger partial charge in [0.15, 0.2) is 0 Å². The van der Waals surface area contributed by atoms with Gasteiger partial charge >= 0.3 is 0 Å². The van der Waals surface area contributed by atoms with Crippen molar-refractivity contribution >= 4 is 11.8 Å². The third kappa shape index (κ3) is 2.33. The number of rotatable bonds is 4. The molecule has 5 unspecified atom stereocenters. The summed E-state index contributed by atoms with van der Waals surface area (Å²) in [5, 5.41) is 2.82. The lowest BCUT2D eigenvalue weighted by Gasteiger charge is -2.40. The molecule has 1 heterocycles. The van der Waals surface area contributed by atoms with E-state index in [9.17, 15) is 9.59 Å². The topological polar surface area (TPSA) is 49.4 Å². The monoisotopic (exact) mass is 278 g/mol. The molecule has 4 nitrogen and oxygen atoms in total. The molecule has 3 rings (SSSR count). The van der Waals surface area contributed by atoms with Crippen molar-refractivity contribution in [3.63, 3.8) is 0 Å². The van der Waals surface area contributed by atoms with Crippen LogP contribution in [0.4, 0.5) is 0 Å². The van der Waals surface area contributed by atoms with Crippen LogP contribution in [0.25, 0.3) is 0 Å². The minimum absolute atomic E-state index is 0.0436. The fourth-order valence-corrected chi connectivity index (χ4v) is 4.55. The molecule has 3 aliphatic rings. The number of nitrogens with zero attached hydrogens (tertiary/aromatic N) is 1. The molecule has 2 bridgehead atoms. The molecule has 0 radical (unpaired) electrons. The zero-order valence-corrected chi connectivity index (χ0v) is 12.6. The van der Waals surface area contributed by atoms with E-state index in [1.54, 1.807) is 6.92 Å². The van der Waals surface area contributed by atoms with E-state index in [-0.39, 0.29) is 23.9 Å². The highest BCUT2D eigenvalue weighted by atomic mass is 16.2. The maximum atomic E-state index is 12.5. The van der Waals surface area contributed by atoms with E-state index in [2.05, 4.69) is 12.2 Å². The highest BCUT2D eigenvalue weighted by Gasteiger charge is 2.44. The number of carbonyl (C=O) groups excluding carboxylic acids is 2. The normalized spacial score (nSPS) is 40.3. The number of amides is 2. The number of carbonyl (C=O) groups is 2. The van der Waals surface area contributed by atoms with E-state index < -0.39 is 0 Å². The van der Waals surface area contributed by atoms with Gasteiger partial charge in [-0.25, -0.2) is 0 Å². The number of hydrogen-bond acceptors (Lipinski definition) is 2. The van der Waals surface area contributed by atoms with Gasteiger partial charge in [-0.05, 0) is 50.4 Å². The Morgan fingerprint density at radius 2 is 2.05 bits per heavy atom. The summed E-state index contributed by atoms with van der Waals surface area (Å²) in [5.41, 5.74) is 0. The van der Waals surface area contributed by atoms with Crippen LogP contribution in [0.15, 0.2) is 0 Å². The summed E-state index contributed by atoms with van der Waals surface area (Å²) in [6.07, 6.45) is 7.05. The Kier molecular flexibility index (Phi) is 3.74. The molecule has 112 valence electrons. The summed E-state index contributed by atoms with van der Waals surface area (Å²) in [5.74, 6) is 2.49. The van der Waals surface area contributed by atoms with E-state index in [0.29, 0.717) is 5.92 Å². The van der Waals surface area contributed by atoms with Crippen LogP contribution >= 0.6 is 0 Å². The first-order valence-electron chi connectivity index (χ1n) is 8.21. The van der Waals surface area contributed by atoms with Crippen molar-refractivity contribution in [3.05, 3.63) is 0 Å². The minimum atomic E-state index is -0.353. The van der Waals surface area contributed by atoms with Crippen molar-refractivity contribution in [2.45, 2.75) is 64.5 Å². The first-order chi connectivity index (χ1) is 9.60. The Morgan fingerprint density at radius 1 is 1.25 bits per heavy atom. The summed E-state index contributed by atoms with van der Waals surface area (Å²) >= 11 is 0. The van der Waals surface area contributed by atoms with Crippen LogP contribution in [-0.2, 0) is 9.59 Å². The van der Waals surface area contributed by atoms with Crippen molar-refractivity contribution < 1.29 is 9.59 Å². The molecular formula is C16H26N2O2. The predicted molar refractivity (Wildman–Crippen MR) is 77.0 cm³/mol. The molecule has 0 aromatic heterocycles. The predicted octanol–water partition coefficient (Wildman–Crippen LogP) is 1.94. The third-order valence-corrected chi connectivity index (χ3v) is 5.57. The first kappa shape index (κ1) is 13.9. The molecule has 1 saturated heterocycles. The molecular weight excluding hydrogens is 252 g/mol. The average molecular weight is 278 g/mol. The Hall–Kier alpha value is -1.06. The lowest BCUT2D eigenvalue weighted by Crippen LogP contribution is -2.63. The van der Waals surface area contributed by atoms with Gasteiger partial charge in [-0.2, -0.15) is 0 Å². The number of hydrogen-bond donors (Lipinski definition) is 1. The van der Waals surface area contributed by atoms with Crippen LogP contribution in [0.5, 0.6) is 0 Å². The SMILES string of the molecule is CCCC1C(=O)NC(C)C(=O)N1CC1CC2CCC1C2. The van der Waals surface area contributed by atoms with Gasteiger partial charge in [0.05, 0.1) is 0 Å². The molecule has 2 saturated carbocycles. The van der Waals surface area contributed by atoms with E-state index in [0.717, 1.165) is 31.2 Å². The summed E-state index contributed by atoms with van der Waals surface area (Å²) in [4.78, 5) is 26.5. The molecule has 1 aliphatic heterocycles. The van der Waals surface area contributed by atoms with Crippen LogP contribution in [0.3, 0.4) is 0 Å². The van der Waals surface area contributed by atoms with Crippen LogP contribution in [0.2, 0.25) is 0 Å². The largest absolute Gasteiger partial charge is 0.343 e. The molecule has 0 aromatic rings. The highest BCUT2D eigenvalue weighted by molar-refractivity contribution is 5.96. The van der Waals surface area contributed by atoms with Crippen LogP contribution < -0.4 is 5.32 Å².